The second-order valence-electron chi connectivity index (χ2n) is 5.74. The predicted octanol–water partition coefficient (Wildman–Crippen LogP) is 3.64. The third-order valence-corrected chi connectivity index (χ3v) is 4.88. The summed E-state index contributed by atoms with van der Waals surface area (Å²) in [7, 11) is 0. The third kappa shape index (κ3) is 3.55. The van der Waals surface area contributed by atoms with Crippen LogP contribution in [0.3, 0.4) is 0 Å². The molecule has 1 aliphatic rings. The van der Waals surface area contributed by atoms with Crippen molar-refractivity contribution in [2.24, 2.45) is 11.7 Å². The number of benzene rings is 1. The highest BCUT2D eigenvalue weighted by Gasteiger charge is 2.38. The van der Waals surface area contributed by atoms with Crippen LogP contribution in [0.1, 0.15) is 39.5 Å². The van der Waals surface area contributed by atoms with E-state index in [1.54, 1.807) is 11.8 Å². The van der Waals surface area contributed by atoms with Gasteiger partial charge in [0.05, 0.1) is 11.2 Å². The smallest absolute Gasteiger partial charge is 0.244 e. The Balaban J connectivity index is 2.11. The molecule has 2 rings (SSSR count). The number of hydrogen-bond acceptors (Lipinski definition) is 3. The van der Waals surface area contributed by atoms with E-state index in [-0.39, 0.29) is 5.91 Å². The molecule has 0 aliphatic heterocycles. The van der Waals surface area contributed by atoms with Gasteiger partial charge in [0.2, 0.25) is 5.91 Å². The molecule has 0 aromatic heterocycles. The van der Waals surface area contributed by atoms with E-state index in [9.17, 15) is 4.79 Å². The Kier molecular flexibility index (Phi) is 5.11. The lowest BCUT2D eigenvalue weighted by atomic mass is 9.76. The molecule has 1 fully saturated rings. The Morgan fingerprint density at radius 3 is 2.95 bits per heavy atom. The van der Waals surface area contributed by atoms with Crippen LogP contribution < -0.4 is 11.1 Å². The minimum atomic E-state index is -0.707. The summed E-state index contributed by atoms with van der Waals surface area (Å²) in [5.74, 6) is 1.48. The van der Waals surface area contributed by atoms with Crippen LogP contribution in [0.25, 0.3) is 0 Å². The first kappa shape index (κ1) is 15.4. The highest BCUT2D eigenvalue weighted by atomic mass is 32.2. The molecule has 4 heteroatoms. The zero-order valence-electron chi connectivity index (χ0n) is 12.3. The number of nitrogens with one attached hydrogen (secondary N) is 1. The molecule has 110 valence electrons. The van der Waals surface area contributed by atoms with Crippen molar-refractivity contribution in [2.75, 3.05) is 11.1 Å². The molecule has 0 saturated heterocycles. The van der Waals surface area contributed by atoms with Crippen molar-refractivity contribution >= 4 is 23.4 Å². The second-order valence-corrected chi connectivity index (χ2v) is 7.05. The monoisotopic (exact) mass is 292 g/mol. The summed E-state index contributed by atoms with van der Waals surface area (Å²) in [5, 5.41) is 3.04. The molecule has 1 amide bonds. The van der Waals surface area contributed by atoms with Gasteiger partial charge in [-0.05, 0) is 36.6 Å². The molecule has 1 aromatic rings. The fraction of sp³-hybridized carbons (Fsp3) is 0.562. The van der Waals surface area contributed by atoms with Gasteiger partial charge < -0.3 is 11.1 Å². The number of rotatable bonds is 4. The molecule has 1 saturated carbocycles. The Labute approximate surface area is 125 Å². The summed E-state index contributed by atoms with van der Waals surface area (Å²) in [6, 6.07) is 7.93. The van der Waals surface area contributed by atoms with Crippen LogP contribution in [-0.2, 0) is 4.79 Å². The van der Waals surface area contributed by atoms with Gasteiger partial charge in [-0.15, -0.1) is 11.8 Å². The minimum absolute atomic E-state index is 0.0341. The molecule has 2 unspecified atom stereocenters. The van der Waals surface area contributed by atoms with Gasteiger partial charge in [-0.3, -0.25) is 4.79 Å². The van der Waals surface area contributed by atoms with Crippen molar-refractivity contribution in [3.05, 3.63) is 24.3 Å². The van der Waals surface area contributed by atoms with E-state index >= 15 is 0 Å². The van der Waals surface area contributed by atoms with Crippen molar-refractivity contribution in [1.82, 2.24) is 0 Å². The van der Waals surface area contributed by atoms with Gasteiger partial charge in [-0.2, -0.15) is 0 Å². The molecule has 3 nitrogen and oxygen atoms in total. The molecule has 2 atom stereocenters. The van der Waals surface area contributed by atoms with E-state index in [1.807, 2.05) is 24.3 Å². The lowest BCUT2D eigenvalue weighted by Crippen LogP contribution is -2.53. The Morgan fingerprint density at radius 2 is 2.25 bits per heavy atom. The molecule has 0 bridgehead atoms. The largest absolute Gasteiger partial charge is 0.323 e. The molecule has 20 heavy (non-hydrogen) atoms. The van der Waals surface area contributed by atoms with E-state index in [4.69, 9.17) is 5.73 Å². The minimum Gasteiger partial charge on any atom is -0.323 e. The first-order valence-electron chi connectivity index (χ1n) is 7.37. The summed E-state index contributed by atoms with van der Waals surface area (Å²) in [4.78, 5) is 13.7. The fourth-order valence-electron chi connectivity index (χ4n) is 2.90. The lowest BCUT2D eigenvalue weighted by Gasteiger charge is -2.35. The Bertz CT molecular complexity index is 477. The quantitative estimate of drug-likeness (QED) is 0.833. The topological polar surface area (TPSA) is 55.1 Å². The van der Waals surface area contributed by atoms with Gasteiger partial charge in [-0.25, -0.2) is 0 Å². The number of anilines is 1. The molecular weight excluding hydrogens is 268 g/mol. The zero-order valence-corrected chi connectivity index (χ0v) is 13.1. The normalized spacial score (nSPS) is 26.2. The van der Waals surface area contributed by atoms with E-state index in [0.717, 1.165) is 35.6 Å². The average Bonchev–Trinajstić information content (AvgIpc) is 2.41. The standard InChI is InChI=1S/C16H24N2OS/c1-3-20-14-9-5-4-8-13(14)18-15(19)16(17)10-6-7-12(2)11-16/h4-5,8-9,12H,3,6-7,10-11,17H2,1-2H3,(H,18,19). The van der Waals surface area contributed by atoms with E-state index in [1.165, 1.54) is 6.42 Å². The van der Waals surface area contributed by atoms with Crippen molar-refractivity contribution in [3.8, 4) is 0 Å². The number of carbonyl (C=O) groups excluding carboxylic acids is 1. The third-order valence-electron chi connectivity index (χ3n) is 3.92. The number of carbonyl (C=O) groups is 1. The van der Waals surface area contributed by atoms with Crippen LogP contribution in [-0.4, -0.2) is 17.2 Å². The maximum Gasteiger partial charge on any atom is 0.244 e. The summed E-state index contributed by atoms with van der Waals surface area (Å²) >= 11 is 1.73. The average molecular weight is 292 g/mol. The summed E-state index contributed by atoms with van der Waals surface area (Å²) in [6.07, 6.45) is 3.78. The first-order valence-corrected chi connectivity index (χ1v) is 8.36. The number of hydrogen-bond donors (Lipinski definition) is 2. The van der Waals surface area contributed by atoms with Crippen LogP contribution in [0, 0.1) is 5.92 Å². The van der Waals surface area contributed by atoms with Gasteiger partial charge in [0.25, 0.3) is 0 Å². The van der Waals surface area contributed by atoms with Gasteiger partial charge in [0, 0.05) is 4.90 Å². The highest BCUT2D eigenvalue weighted by Crippen LogP contribution is 2.33. The maximum absolute atomic E-state index is 12.5. The van der Waals surface area contributed by atoms with Crippen LogP contribution in [0.5, 0.6) is 0 Å². The van der Waals surface area contributed by atoms with Crippen LogP contribution in [0.15, 0.2) is 29.2 Å². The molecule has 1 aromatic carbocycles. The predicted molar refractivity (Wildman–Crippen MR) is 86.0 cm³/mol. The van der Waals surface area contributed by atoms with Crippen molar-refractivity contribution in [3.63, 3.8) is 0 Å². The number of amides is 1. The van der Waals surface area contributed by atoms with E-state index in [0.29, 0.717) is 5.92 Å². The summed E-state index contributed by atoms with van der Waals surface area (Å²) < 4.78 is 0. The lowest BCUT2D eigenvalue weighted by molar-refractivity contribution is -0.122. The van der Waals surface area contributed by atoms with Gasteiger partial charge in [0.1, 0.15) is 0 Å². The molecule has 3 N–H and O–H groups in total. The van der Waals surface area contributed by atoms with E-state index < -0.39 is 5.54 Å². The van der Waals surface area contributed by atoms with Crippen molar-refractivity contribution < 1.29 is 4.79 Å². The Hall–Kier alpha value is -1.00. The number of nitrogens with two attached hydrogens (primary N) is 1. The first-order chi connectivity index (χ1) is 9.55. The highest BCUT2D eigenvalue weighted by molar-refractivity contribution is 7.99. The Morgan fingerprint density at radius 1 is 1.50 bits per heavy atom. The molecule has 0 heterocycles. The van der Waals surface area contributed by atoms with Crippen LogP contribution in [0.2, 0.25) is 0 Å². The van der Waals surface area contributed by atoms with E-state index in [2.05, 4.69) is 19.2 Å². The van der Waals surface area contributed by atoms with Crippen LogP contribution >= 0.6 is 11.8 Å². The summed E-state index contributed by atoms with van der Waals surface area (Å²) in [6.45, 7) is 4.28. The molecular formula is C16H24N2OS. The van der Waals surface area contributed by atoms with Gasteiger partial charge in [0.15, 0.2) is 0 Å². The molecule has 0 spiro atoms. The van der Waals surface area contributed by atoms with Gasteiger partial charge >= 0.3 is 0 Å². The number of thioether (sulfide) groups is 1. The zero-order chi connectivity index (χ0) is 14.6. The van der Waals surface area contributed by atoms with Crippen molar-refractivity contribution in [1.29, 1.82) is 0 Å². The number of para-hydroxylation sites is 1. The van der Waals surface area contributed by atoms with Crippen molar-refractivity contribution in [2.45, 2.75) is 50.0 Å². The molecule has 1 aliphatic carbocycles. The molecule has 0 radical (unpaired) electrons. The van der Waals surface area contributed by atoms with Crippen LogP contribution in [0.4, 0.5) is 5.69 Å². The SMILES string of the molecule is CCSc1ccccc1NC(=O)C1(N)CCCC(C)C1. The summed E-state index contributed by atoms with van der Waals surface area (Å²) in [5.41, 5.74) is 6.52. The maximum atomic E-state index is 12.5. The van der Waals surface area contributed by atoms with Gasteiger partial charge in [-0.1, -0.05) is 38.8 Å². The second kappa shape index (κ2) is 6.64. The fourth-order valence-corrected chi connectivity index (χ4v) is 3.66.